The van der Waals surface area contributed by atoms with E-state index in [4.69, 9.17) is 28.4 Å². The average Bonchev–Trinajstić information content (AvgIpc) is 3.31. The van der Waals surface area contributed by atoms with Crippen molar-refractivity contribution in [3.8, 4) is 0 Å². The number of nitrogens with one attached hydrogen (secondary N) is 1. The largest absolute Gasteiger partial charge is 1.00 e. The molecular formula is C52H57NNaO17+. The number of rotatable bonds is 15. The zero-order valence-electron chi connectivity index (χ0n) is 40.6. The Kier molecular flexibility index (Phi) is 16.5. The van der Waals surface area contributed by atoms with E-state index in [0.29, 0.717) is 0 Å². The van der Waals surface area contributed by atoms with E-state index in [1.165, 1.54) is 52.0 Å². The van der Waals surface area contributed by atoms with Gasteiger partial charge >= 0.3 is 65.4 Å². The van der Waals surface area contributed by atoms with Crippen molar-refractivity contribution in [1.29, 1.82) is 0 Å². The molecular weight excluding hydrogens is 934 g/mol. The van der Waals surface area contributed by atoms with Crippen LogP contribution in [0.25, 0.3) is 0 Å². The quantitative estimate of drug-likeness (QED) is 0.0728. The first-order valence-corrected chi connectivity index (χ1v) is 23.0. The number of carbonyl (C=O) groups excluding carboxylic acids is 7. The SMILES string of the molecule is CC(=O)O[C@H]1C(=O)[C@@]2(C)C([C@H](OC(=O)c3ccccc3)[C@]3(O)CC(OC(=O)C(OC(=O)CCCC(=O)O)C(NC(=O)c4ccccc4)c4ccccc4)C(C)=C1C3(C)C)C1(OC(C)=O)COC1C[C@@H]2O.[Na+]. The molecule has 3 aromatic rings. The zero-order chi connectivity index (χ0) is 50.9. The maximum Gasteiger partial charge on any atom is 1.00 e. The van der Waals surface area contributed by atoms with Crippen LogP contribution in [0.15, 0.2) is 102 Å². The fourth-order valence-electron chi connectivity index (χ4n) is 10.9. The molecule has 6 unspecified atom stereocenters. The first-order valence-electron chi connectivity index (χ1n) is 23.0. The minimum Gasteiger partial charge on any atom is -0.481 e. The molecule has 71 heavy (non-hydrogen) atoms. The Morgan fingerprint density at radius 1 is 0.817 bits per heavy atom. The molecule has 3 aromatic carbocycles. The molecule has 1 saturated heterocycles. The van der Waals surface area contributed by atoms with E-state index < -0.39 is 137 Å². The van der Waals surface area contributed by atoms with Crippen LogP contribution in [-0.4, -0.2) is 117 Å². The molecule has 18 nitrogen and oxygen atoms in total. The number of hydrogen-bond acceptors (Lipinski definition) is 16. The van der Waals surface area contributed by atoms with Gasteiger partial charge in [0, 0.05) is 50.5 Å². The summed E-state index contributed by atoms with van der Waals surface area (Å²) in [4.78, 5) is 110. The Balaban J connectivity index is 0.00000825. The second kappa shape index (κ2) is 21.5. The van der Waals surface area contributed by atoms with Crippen LogP contribution in [0.3, 0.4) is 0 Å². The smallest absolute Gasteiger partial charge is 0.481 e. The minimum absolute atomic E-state index is 0. The third-order valence-corrected chi connectivity index (χ3v) is 14.5. The van der Waals surface area contributed by atoms with Gasteiger partial charge in [-0.25, -0.2) is 9.59 Å². The van der Waals surface area contributed by atoms with Crippen LogP contribution in [0.1, 0.15) is 106 Å². The predicted octanol–water partition coefficient (Wildman–Crippen LogP) is 1.55. The molecule has 0 radical (unpaired) electrons. The van der Waals surface area contributed by atoms with Gasteiger partial charge in [-0.2, -0.15) is 0 Å². The summed E-state index contributed by atoms with van der Waals surface area (Å²) in [6.07, 6.45) is -12.0. The van der Waals surface area contributed by atoms with Gasteiger partial charge in [0.05, 0.1) is 29.6 Å². The van der Waals surface area contributed by atoms with E-state index in [1.54, 1.807) is 66.7 Å². The van der Waals surface area contributed by atoms with Crippen LogP contribution < -0.4 is 34.9 Å². The number of carboxylic acid groups (broad SMARTS) is 1. The third-order valence-electron chi connectivity index (χ3n) is 14.5. The molecule has 11 atom stereocenters. The number of hydrogen-bond donors (Lipinski definition) is 4. The Bertz CT molecular complexity index is 2570. The minimum atomic E-state index is -2.49. The van der Waals surface area contributed by atoms with Crippen molar-refractivity contribution in [2.24, 2.45) is 16.7 Å². The molecule has 3 aliphatic carbocycles. The van der Waals surface area contributed by atoms with Gasteiger partial charge in [0.25, 0.3) is 5.91 Å². The van der Waals surface area contributed by atoms with Gasteiger partial charge in [0.1, 0.15) is 30.0 Å². The van der Waals surface area contributed by atoms with Crippen LogP contribution in [0.5, 0.6) is 0 Å². The second-order valence-electron chi connectivity index (χ2n) is 19.1. The number of amides is 1. The summed E-state index contributed by atoms with van der Waals surface area (Å²) in [5.74, 6) is -9.41. The van der Waals surface area contributed by atoms with Crippen molar-refractivity contribution >= 4 is 47.5 Å². The number of carboxylic acids is 1. The molecule has 7 rings (SSSR count). The number of aliphatic hydroxyl groups is 2. The number of benzene rings is 3. The first kappa shape index (κ1) is 54.6. The maximum absolute atomic E-state index is 15.7. The van der Waals surface area contributed by atoms with Gasteiger partial charge in [-0.1, -0.05) is 80.6 Å². The molecule has 2 saturated carbocycles. The fraction of sp³-hybridized carbons (Fsp3) is 0.462. The average molecular weight is 991 g/mol. The molecule has 0 spiro atoms. The molecule has 4 aliphatic rings. The summed E-state index contributed by atoms with van der Waals surface area (Å²) in [6.45, 7) is 7.73. The van der Waals surface area contributed by atoms with E-state index >= 15 is 9.59 Å². The van der Waals surface area contributed by atoms with Crippen molar-refractivity contribution in [2.45, 2.75) is 128 Å². The van der Waals surface area contributed by atoms with Crippen molar-refractivity contribution in [2.75, 3.05) is 6.61 Å². The van der Waals surface area contributed by atoms with Gasteiger partial charge in [-0.05, 0) is 61.2 Å². The Labute approximate surface area is 432 Å². The molecule has 1 heterocycles. The topological polar surface area (TPSA) is 265 Å². The first-order chi connectivity index (χ1) is 33.1. The van der Waals surface area contributed by atoms with Crippen molar-refractivity contribution in [3.63, 3.8) is 0 Å². The number of carbonyl (C=O) groups is 8. The van der Waals surface area contributed by atoms with E-state index in [1.807, 2.05) is 0 Å². The second-order valence-corrected chi connectivity index (χ2v) is 19.1. The van der Waals surface area contributed by atoms with Crippen molar-refractivity contribution in [3.05, 3.63) is 119 Å². The third kappa shape index (κ3) is 10.3. The summed E-state index contributed by atoms with van der Waals surface area (Å²) in [6, 6.07) is 22.3. The number of Topliss-reactive ketones (excluding diaryl/α,β-unsaturated/α-hetero) is 1. The maximum atomic E-state index is 15.7. The van der Waals surface area contributed by atoms with Gasteiger partial charge in [-0.15, -0.1) is 0 Å². The summed E-state index contributed by atoms with van der Waals surface area (Å²) in [5, 5.41) is 38.1. The van der Waals surface area contributed by atoms with E-state index in [2.05, 4.69) is 5.32 Å². The zero-order valence-corrected chi connectivity index (χ0v) is 42.6. The Morgan fingerprint density at radius 3 is 1.96 bits per heavy atom. The summed E-state index contributed by atoms with van der Waals surface area (Å²) < 4.78 is 36.5. The number of esters is 5. The summed E-state index contributed by atoms with van der Waals surface area (Å²) in [5.41, 5.74) is -7.67. The molecule has 372 valence electrons. The van der Waals surface area contributed by atoms with E-state index in [9.17, 15) is 44.1 Å². The van der Waals surface area contributed by atoms with Crippen molar-refractivity contribution in [1.82, 2.24) is 5.32 Å². The Morgan fingerprint density at radius 2 is 1.41 bits per heavy atom. The van der Waals surface area contributed by atoms with Crippen LogP contribution in [0.2, 0.25) is 0 Å². The van der Waals surface area contributed by atoms with Gasteiger partial charge < -0.3 is 49.1 Å². The van der Waals surface area contributed by atoms with Crippen LogP contribution in [-0.2, 0) is 57.2 Å². The van der Waals surface area contributed by atoms with E-state index in [-0.39, 0.29) is 76.8 Å². The fourth-order valence-corrected chi connectivity index (χ4v) is 10.9. The number of ether oxygens (including phenoxy) is 6. The summed E-state index contributed by atoms with van der Waals surface area (Å²) >= 11 is 0. The number of aliphatic carboxylic acids is 1. The van der Waals surface area contributed by atoms with Crippen LogP contribution in [0, 0.1) is 16.7 Å². The van der Waals surface area contributed by atoms with Crippen LogP contribution in [0.4, 0.5) is 0 Å². The van der Waals surface area contributed by atoms with Gasteiger partial charge in [0.15, 0.2) is 17.5 Å². The van der Waals surface area contributed by atoms with Crippen LogP contribution >= 0.6 is 0 Å². The molecule has 1 aliphatic heterocycles. The number of fused-ring (bicyclic) bond motifs is 5. The Hall–Kier alpha value is -5.76. The predicted molar refractivity (Wildman–Crippen MR) is 243 cm³/mol. The van der Waals surface area contributed by atoms with Gasteiger partial charge in [0.2, 0.25) is 6.10 Å². The molecule has 19 heteroatoms. The van der Waals surface area contributed by atoms with E-state index in [0.717, 1.165) is 13.8 Å². The molecule has 2 bridgehead atoms. The summed E-state index contributed by atoms with van der Waals surface area (Å²) in [7, 11) is 0. The van der Waals surface area contributed by atoms with Gasteiger partial charge in [-0.3, -0.25) is 28.8 Å². The molecule has 4 N–H and O–H groups in total. The van der Waals surface area contributed by atoms with Crippen molar-refractivity contribution < 1.29 is 112 Å². The monoisotopic (exact) mass is 990 g/mol. The number of ketones is 1. The number of aliphatic hydroxyl groups excluding tert-OH is 1. The molecule has 1 amide bonds. The molecule has 3 fully saturated rings. The molecule has 0 aromatic heterocycles. The normalized spacial score (nSPS) is 29.0. The standard InChI is InChI=1S/C52H57NO17.Na/c1-28-34(67-48(63)42(68-38(59)24-16-23-37(57)58)40(31-17-10-7-11-18-31)53-46(61)32-19-12-8-13-20-32)26-52(64)45(69-47(62)33-21-14-9-15-22-33)43-50(6,35(56)25-36-51(43,27-65-36)70-30(3)55)44(60)41(66-29(2)54)39(28)49(52,4)5;/h7-15,17-22,34-36,40-43,45,56,64H,16,23-27H2,1-6H3,(H,53,61)(H,57,58);/q;+1/t34?,35-,36?,40?,41+,42?,43?,45-,50+,51?,52+;/m0./s1.